The van der Waals surface area contributed by atoms with Crippen LogP contribution in [0.5, 0.6) is 0 Å². The van der Waals surface area contributed by atoms with E-state index in [-0.39, 0.29) is 35.8 Å². The Labute approximate surface area is 178 Å². The zero-order valence-corrected chi connectivity index (χ0v) is 16.7. The van der Waals surface area contributed by atoms with E-state index < -0.39 is 16.8 Å². The van der Waals surface area contributed by atoms with Gasteiger partial charge < -0.3 is 10.4 Å². The monoisotopic (exact) mass is 425 g/mol. The van der Waals surface area contributed by atoms with Crippen LogP contribution in [0.15, 0.2) is 48.5 Å². The van der Waals surface area contributed by atoms with Crippen molar-refractivity contribution in [3.63, 3.8) is 0 Å². The van der Waals surface area contributed by atoms with Crippen molar-refractivity contribution in [1.29, 1.82) is 0 Å². The summed E-state index contributed by atoms with van der Waals surface area (Å²) in [7, 11) is 0. The maximum absolute atomic E-state index is 12.2. The highest BCUT2D eigenvalue weighted by molar-refractivity contribution is 5.88. The SMILES string of the molecule is CC(=O)Nc1ccc(C2CC(C(=O)O)C3C(NNC3c3cccc([N+](=O)[O-])c3)N2)cc1. The predicted octanol–water partition coefficient (Wildman–Crippen LogP) is 2.08. The molecule has 0 bridgehead atoms. The molecule has 2 aromatic rings. The predicted molar refractivity (Wildman–Crippen MR) is 112 cm³/mol. The van der Waals surface area contributed by atoms with Crippen molar-refractivity contribution in [3.05, 3.63) is 69.8 Å². The van der Waals surface area contributed by atoms with Crippen molar-refractivity contribution in [2.75, 3.05) is 5.32 Å². The molecule has 31 heavy (non-hydrogen) atoms. The highest BCUT2D eigenvalue weighted by Crippen LogP contribution is 2.42. The first-order valence-corrected chi connectivity index (χ1v) is 9.95. The molecule has 5 unspecified atom stereocenters. The number of carboxylic acid groups (broad SMARTS) is 1. The zero-order chi connectivity index (χ0) is 22.1. The number of aliphatic carboxylic acids is 1. The molecule has 2 saturated heterocycles. The van der Waals surface area contributed by atoms with E-state index in [0.29, 0.717) is 17.7 Å². The summed E-state index contributed by atoms with van der Waals surface area (Å²) in [6, 6.07) is 13.0. The van der Waals surface area contributed by atoms with Gasteiger partial charge in [-0.05, 0) is 29.7 Å². The topological polar surface area (TPSA) is 146 Å². The van der Waals surface area contributed by atoms with Crippen LogP contribution in [0.2, 0.25) is 0 Å². The van der Waals surface area contributed by atoms with Gasteiger partial charge in [-0.25, -0.2) is 10.9 Å². The molecule has 5 N–H and O–H groups in total. The average molecular weight is 425 g/mol. The summed E-state index contributed by atoms with van der Waals surface area (Å²) in [5.41, 5.74) is 8.47. The number of rotatable bonds is 5. The molecule has 0 aliphatic carbocycles. The van der Waals surface area contributed by atoms with Crippen molar-refractivity contribution in [1.82, 2.24) is 16.2 Å². The minimum absolute atomic E-state index is 0.0319. The third-order valence-corrected chi connectivity index (χ3v) is 5.89. The maximum atomic E-state index is 12.2. The van der Waals surface area contributed by atoms with E-state index in [0.717, 1.165) is 5.56 Å². The number of non-ortho nitro benzene ring substituents is 1. The molecule has 2 heterocycles. The first kappa shape index (κ1) is 20.9. The molecule has 162 valence electrons. The van der Waals surface area contributed by atoms with Crippen LogP contribution in [0, 0.1) is 22.0 Å². The summed E-state index contributed by atoms with van der Waals surface area (Å²) in [6.07, 6.45) is 0.0317. The third kappa shape index (κ3) is 4.26. The zero-order valence-electron chi connectivity index (χ0n) is 16.7. The molecule has 1 amide bonds. The Hall–Kier alpha value is -3.34. The number of nitro groups is 1. The van der Waals surface area contributed by atoms with Gasteiger partial charge in [0.05, 0.1) is 23.0 Å². The van der Waals surface area contributed by atoms with Crippen molar-refractivity contribution in [2.45, 2.75) is 31.6 Å². The van der Waals surface area contributed by atoms with E-state index in [1.807, 2.05) is 12.1 Å². The van der Waals surface area contributed by atoms with Gasteiger partial charge in [-0.2, -0.15) is 0 Å². The Morgan fingerprint density at radius 1 is 1.13 bits per heavy atom. The van der Waals surface area contributed by atoms with Crippen LogP contribution in [0.4, 0.5) is 11.4 Å². The Bertz CT molecular complexity index is 1010. The van der Waals surface area contributed by atoms with Crippen LogP contribution in [0.3, 0.4) is 0 Å². The fourth-order valence-corrected chi connectivity index (χ4v) is 4.51. The summed E-state index contributed by atoms with van der Waals surface area (Å²) < 4.78 is 0. The van der Waals surface area contributed by atoms with Crippen LogP contribution >= 0.6 is 0 Å². The summed E-state index contributed by atoms with van der Waals surface area (Å²) >= 11 is 0. The van der Waals surface area contributed by atoms with Crippen LogP contribution in [0.25, 0.3) is 0 Å². The molecule has 2 aromatic carbocycles. The standard InChI is InChI=1S/C21H23N5O5/c1-11(27)22-14-7-5-12(6-8-14)17-10-16(21(28)29)18-19(24-25-20(18)23-17)13-3-2-4-15(9-13)26(30)31/h2-9,16-20,23-25H,10H2,1H3,(H,22,27)(H,28,29). The van der Waals surface area contributed by atoms with Gasteiger partial charge >= 0.3 is 5.97 Å². The van der Waals surface area contributed by atoms with Crippen LogP contribution in [-0.4, -0.2) is 28.1 Å². The van der Waals surface area contributed by atoms with Crippen LogP contribution < -0.4 is 21.5 Å². The summed E-state index contributed by atoms with van der Waals surface area (Å²) in [6.45, 7) is 1.44. The number of nitro benzene ring substituents is 1. The summed E-state index contributed by atoms with van der Waals surface area (Å²) in [4.78, 5) is 34.1. The van der Waals surface area contributed by atoms with Crippen molar-refractivity contribution >= 4 is 23.3 Å². The van der Waals surface area contributed by atoms with Gasteiger partial charge in [-0.1, -0.05) is 24.3 Å². The molecule has 4 rings (SSSR count). The number of carbonyl (C=O) groups is 2. The fraction of sp³-hybridized carbons (Fsp3) is 0.333. The quantitative estimate of drug-likeness (QED) is 0.362. The number of carbonyl (C=O) groups excluding carboxylic acids is 1. The number of carboxylic acids is 1. The van der Waals surface area contributed by atoms with Gasteiger partial charge in [-0.15, -0.1) is 0 Å². The van der Waals surface area contributed by atoms with E-state index in [9.17, 15) is 24.8 Å². The molecule has 10 heteroatoms. The molecule has 2 aliphatic rings. The summed E-state index contributed by atoms with van der Waals surface area (Å²) in [5, 5.41) is 27.3. The molecule has 2 aliphatic heterocycles. The second-order valence-corrected chi connectivity index (χ2v) is 7.88. The van der Waals surface area contributed by atoms with Gasteiger partial charge in [0.1, 0.15) is 0 Å². The Balaban J connectivity index is 1.57. The van der Waals surface area contributed by atoms with Crippen LogP contribution in [-0.2, 0) is 9.59 Å². The molecule has 5 atom stereocenters. The van der Waals surface area contributed by atoms with E-state index in [4.69, 9.17) is 0 Å². The molecule has 10 nitrogen and oxygen atoms in total. The van der Waals surface area contributed by atoms with Gasteiger partial charge in [-0.3, -0.25) is 25.0 Å². The lowest BCUT2D eigenvalue weighted by Gasteiger charge is -2.39. The maximum Gasteiger partial charge on any atom is 0.307 e. The fourth-order valence-electron chi connectivity index (χ4n) is 4.51. The minimum atomic E-state index is -0.905. The Morgan fingerprint density at radius 3 is 2.52 bits per heavy atom. The lowest BCUT2D eigenvalue weighted by Crippen LogP contribution is -2.53. The van der Waals surface area contributed by atoms with E-state index >= 15 is 0 Å². The molecular weight excluding hydrogens is 402 g/mol. The largest absolute Gasteiger partial charge is 0.481 e. The molecule has 2 fully saturated rings. The highest BCUT2D eigenvalue weighted by Gasteiger charge is 2.49. The number of nitrogens with one attached hydrogen (secondary N) is 4. The van der Waals surface area contributed by atoms with Gasteiger partial charge in [0.25, 0.3) is 5.69 Å². The van der Waals surface area contributed by atoms with E-state index in [1.165, 1.54) is 19.1 Å². The number of amides is 1. The van der Waals surface area contributed by atoms with Crippen molar-refractivity contribution < 1.29 is 19.6 Å². The Kier molecular flexibility index (Phi) is 5.68. The number of benzene rings is 2. The van der Waals surface area contributed by atoms with Gasteiger partial charge in [0.15, 0.2) is 0 Å². The van der Waals surface area contributed by atoms with Crippen LogP contribution in [0.1, 0.15) is 36.6 Å². The van der Waals surface area contributed by atoms with Gasteiger partial charge in [0.2, 0.25) is 5.91 Å². The minimum Gasteiger partial charge on any atom is -0.481 e. The second kappa shape index (κ2) is 8.42. The van der Waals surface area contributed by atoms with Gasteiger partial charge in [0, 0.05) is 36.7 Å². The normalized spacial score (nSPS) is 27.3. The number of anilines is 1. The number of piperidine rings is 1. The number of fused-ring (bicyclic) bond motifs is 1. The molecule has 0 saturated carbocycles. The third-order valence-electron chi connectivity index (χ3n) is 5.89. The lowest BCUT2D eigenvalue weighted by molar-refractivity contribution is -0.384. The second-order valence-electron chi connectivity index (χ2n) is 7.88. The van der Waals surface area contributed by atoms with E-state index in [2.05, 4.69) is 21.5 Å². The molecule has 0 spiro atoms. The molecule has 0 aromatic heterocycles. The number of hydrazine groups is 1. The first-order chi connectivity index (χ1) is 14.8. The van der Waals surface area contributed by atoms with Crippen molar-refractivity contribution in [3.8, 4) is 0 Å². The molecule has 0 radical (unpaired) electrons. The molecular formula is C21H23N5O5. The number of hydrogen-bond acceptors (Lipinski definition) is 7. The highest BCUT2D eigenvalue weighted by atomic mass is 16.6. The first-order valence-electron chi connectivity index (χ1n) is 9.95. The number of nitrogens with zero attached hydrogens (tertiary/aromatic N) is 1. The average Bonchev–Trinajstić information content (AvgIpc) is 3.17. The summed E-state index contributed by atoms with van der Waals surface area (Å²) in [5.74, 6) is -2.07. The number of hydrogen-bond donors (Lipinski definition) is 5. The smallest absolute Gasteiger partial charge is 0.307 e. The lowest BCUT2D eigenvalue weighted by atomic mass is 9.75. The van der Waals surface area contributed by atoms with Crippen molar-refractivity contribution in [2.24, 2.45) is 11.8 Å². The van der Waals surface area contributed by atoms with E-state index in [1.54, 1.807) is 24.3 Å². The Morgan fingerprint density at radius 2 is 1.87 bits per heavy atom.